The van der Waals surface area contributed by atoms with Gasteiger partial charge in [0.2, 0.25) is 53.2 Å². The van der Waals surface area contributed by atoms with Gasteiger partial charge in [0.15, 0.2) is 11.7 Å². The van der Waals surface area contributed by atoms with Gasteiger partial charge in [-0.1, -0.05) is 94.4 Å². The highest BCUT2D eigenvalue weighted by molar-refractivity contribution is 8.77. The second-order valence-corrected chi connectivity index (χ2v) is 23.8. The summed E-state index contributed by atoms with van der Waals surface area (Å²) in [6.07, 6.45) is 1.84. The van der Waals surface area contributed by atoms with Crippen molar-refractivity contribution in [2.75, 3.05) is 25.4 Å². The average Bonchev–Trinajstić information content (AvgIpc) is 4.13. The number of hydrogen-bond donors (Lipinski definition) is 12. The van der Waals surface area contributed by atoms with Crippen LogP contribution in [-0.2, 0) is 60.8 Å². The Kier molecular flexibility index (Phi) is 23.9. The molecule has 24 nitrogen and oxygen atoms in total. The molecular formula is C56H75N13O11S2. The summed E-state index contributed by atoms with van der Waals surface area (Å²) in [6.45, 7) is -0.356. The quantitative estimate of drug-likeness (QED) is 0.0299. The number of primary amides is 3. The Morgan fingerprint density at radius 2 is 1.35 bits per heavy atom. The molecule has 1 spiro atoms. The molecule has 1 saturated carbocycles. The standard InChI is InChI=1S/C56H75N13O11S2/c57-46(72)20-19-39-50(76)67-42(29-47(58)73)52(78)68-43(54(80)69-26-8-14-44(69)53(79)66-38(13-7-25-62-55(60)61)49(75)63-31-48(59)74)32-81-82-56(23-21-36(22-24-56)35-11-5-2-6-12-35)30-45(71)40(27-34-15-17-37(70)18-16-34)64-41(51(77)65-39)28-33-9-3-1-4-10-33/h1-6,9-12,15-18,36,38-44,64,70H,7-8,13-14,19-32H2,(H2,57,72)(H2,58,73)(H2,59,74)(H,63,75)(H,65,77)(H,66,79)(H,67,76)(H,68,78)(H4,60,61,62)/t36?,38-,39-,40-,41-,42-,43-,44-,56?/m0/s1. The number of hydrogen-bond acceptors (Lipinski definition) is 15. The maximum Gasteiger partial charge on any atom is 0.246 e. The number of rotatable bonds is 20. The van der Waals surface area contributed by atoms with Crippen LogP contribution in [0.3, 0.4) is 0 Å². The Morgan fingerprint density at radius 1 is 0.732 bits per heavy atom. The van der Waals surface area contributed by atoms with Gasteiger partial charge in [0.05, 0.1) is 25.0 Å². The Balaban J connectivity index is 1.39. The fourth-order valence-corrected chi connectivity index (χ4v) is 13.7. The zero-order valence-electron chi connectivity index (χ0n) is 45.6. The molecule has 2 saturated heterocycles. The summed E-state index contributed by atoms with van der Waals surface area (Å²) < 4.78 is -0.772. The van der Waals surface area contributed by atoms with Crippen LogP contribution in [0.5, 0.6) is 5.75 Å². The molecule has 1 aliphatic carbocycles. The minimum Gasteiger partial charge on any atom is -0.508 e. The van der Waals surface area contributed by atoms with Crippen LogP contribution in [0.2, 0.25) is 0 Å². The number of amides is 9. The van der Waals surface area contributed by atoms with Crippen LogP contribution in [0.25, 0.3) is 0 Å². The first-order valence-corrected chi connectivity index (χ1v) is 29.7. The molecule has 3 aliphatic rings. The van der Waals surface area contributed by atoms with Gasteiger partial charge in [-0.15, -0.1) is 0 Å². The lowest BCUT2D eigenvalue weighted by molar-refractivity contribution is -0.142. The molecule has 9 amide bonds. The third-order valence-electron chi connectivity index (χ3n) is 14.7. The van der Waals surface area contributed by atoms with Crippen molar-refractivity contribution >= 4 is 86.5 Å². The molecule has 2 heterocycles. The second kappa shape index (κ2) is 30.9. The van der Waals surface area contributed by atoms with Gasteiger partial charge in [-0.2, -0.15) is 0 Å². The number of nitrogens with one attached hydrogen (secondary N) is 6. The van der Waals surface area contributed by atoms with E-state index in [1.165, 1.54) is 38.6 Å². The Hall–Kier alpha value is -7.71. The van der Waals surface area contributed by atoms with E-state index in [4.69, 9.17) is 28.7 Å². The number of phenolic OH excluding ortho intramolecular Hbond substituents is 1. The summed E-state index contributed by atoms with van der Waals surface area (Å²) in [7, 11) is 2.62. The van der Waals surface area contributed by atoms with Crippen molar-refractivity contribution in [3.8, 4) is 5.75 Å². The van der Waals surface area contributed by atoms with Crippen molar-refractivity contribution < 1.29 is 53.1 Å². The number of Topliss-reactive ketones (excluding diaryl/α,β-unsaturated/α-hetero) is 1. The highest BCUT2D eigenvalue weighted by atomic mass is 33.1. The lowest BCUT2D eigenvalue weighted by Crippen LogP contribution is -2.61. The van der Waals surface area contributed by atoms with Gasteiger partial charge in [0, 0.05) is 36.4 Å². The number of aliphatic imine (C=N–C) groups is 1. The minimum atomic E-state index is -1.73. The van der Waals surface area contributed by atoms with Gasteiger partial charge in [0.25, 0.3) is 0 Å². The van der Waals surface area contributed by atoms with Gasteiger partial charge in [0.1, 0.15) is 36.0 Å². The number of ketones is 1. The van der Waals surface area contributed by atoms with Crippen molar-refractivity contribution in [2.45, 2.75) is 143 Å². The largest absolute Gasteiger partial charge is 0.508 e. The molecular weight excluding hydrogens is 1090 g/mol. The number of benzene rings is 3. The zero-order valence-corrected chi connectivity index (χ0v) is 47.2. The number of guanidine groups is 1. The van der Waals surface area contributed by atoms with E-state index in [9.17, 15) is 43.5 Å². The van der Waals surface area contributed by atoms with Gasteiger partial charge in [-0.3, -0.25) is 58.3 Å². The van der Waals surface area contributed by atoms with E-state index in [0.29, 0.717) is 43.2 Å². The highest BCUT2D eigenvalue weighted by Crippen LogP contribution is 2.52. The van der Waals surface area contributed by atoms with Gasteiger partial charge < -0.3 is 65.3 Å². The number of likely N-dealkylation sites (tertiary alicyclic amines) is 1. The molecule has 0 aromatic heterocycles. The predicted molar refractivity (Wildman–Crippen MR) is 310 cm³/mol. The third kappa shape index (κ3) is 19.5. The van der Waals surface area contributed by atoms with Crippen LogP contribution in [0.1, 0.15) is 99.7 Å². The lowest BCUT2D eigenvalue weighted by atomic mass is 9.75. The van der Waals surface area contributed by atoms with Crippen LogP contribution >= 0.6 is 21.6 Å². The first kappa shape index (κ1) is 63.5. The van der Waals surface area contributed by atoms with Crippen LogP contribution in [0.15, 0.2) is 89.9 Å². The zero-order chi connectivity index (χ0) is 59.3. The van der Waals surface area contributed by atoms with E-state index < -0.39 is 120 Å². The molecule has 2 aliphatic heterocycles. The van der Waals surface area contributed by atoms with E-state index >= 15 is 9.59 Å². The van der Waals surface area contributed by atoms with E-state index in [1.54, 1.807) is 36.4 Å². The predicted octanol–water partition coefficient (Wildman–Crippen LogP) is -0.319. The summed E-state index contributed by atoms with van der Waals surface area (Å²) in [6, 6.07) is 16.1. The number of aromatic hydroxyl groups is 1. The Labute approximate surface area is 483 Å². The van der Waals surface area contributed by atoms with Crippen molar-refractivity contribution in [3.05, 3.63) is 102 Å². The monoisotopic (exact) mass is 1170 g/mol. The van der Waals surface area contributed by atoms with Crippen molar-refractivity contribution in [1.82, 2.24) is 36.8 Å². The number of nitrogens with zero attached hydrogens (tertiary/aromatic N) is 2. The first-order valence-electron chi connectivity index (χ1n) is 27.3. The Bertz CT molecular complexity index is 2770. The number of carbonyl (C=O) groups is 10. The maximum atomic E-state index is 15.4. The topological polar surface area (TPSA) is 409 Å². The molecule has 6 rings (SSSR count). The third-order valence-corrected chi connectivity index (χ3v) is 18.0. The SMILES string of the molecule is NC(=O)CC[C@@H]1NC(=O)[C@H](Cc2ccccc2)N[C@@H](Cc2ccc(O)cc2)C(=O)CC2(CCC(c3ccccc3)CC2)SSC[C@@H](C(=O)N2CCC[C@H]2C(=O)N[C@@H](CCCN=C(N)N)C(=O)NCC(N)=O)NC(=O)[C@H](CC(N)=O)NC1=O. The van der Waals surface area contributed by atoms with Gasteiger partial charge >= 0.3 is 0 Å². The van der Waals surface area contributed by atoms with E-state index in [-0.39, 0.29) is 87.2 Å². The molecule has 3 aromatic carbocycles. The number of phenols is 1. The molecule has 0 bridgehead atoms. The number of nitrogens with two attached hydrogens (primary N) is 5. The van der Waals surface area contributed by atoms with Gasteiger partial charge in [-0.25, -0.2) is 0 Å². The smallest absolute Gasteiger partial charge is 0.246 e. The van der Waals surface area contributed by atoms with Crippen molar-refractivity contribution in [3.63, 3.8) is 0 Å². The minimum absolute atomic E-state index is 0.00852. The highest BCUT2D eigenvalue weighted by Gasteiger charge is 2.44. The van der Waals surface area contributed by atoms with Gasteiger partial charge in [-0.05, 0) is 105 Å². The summed E-state index contributed by atoms with van der Waals surface area (Å²) in [5.41, 5.74) is 30.0. The summed E-state index contributed by atoms with van der Waals surface area (Å²) in [5, 5.41) is 26.6. The van der Waals surface area contributed by atoms with Crippen LogP contribution < -0.4 is 60.6 Å². The summed E-state index contributed by atoms with van der Waals surface area (Å²) in [5.74, 6) is -7.95. The fraction of sp³-hybridized carbons (Fsp3) is 0.482. The van der Waals surface area contributed by atoms with Crippen LogP contribution in [-0.4, -0.2) is 147 Å². The number of carbonyl (C=O) groups excluding carboxylic acids is 10. The van der Waals surface area contributed by atoms with E-state index in [2.05, 4.69) is 49.0 Å². The molecule has 3 aromatic rings. The van der Waals surface area contributed by atoms with Crippen LogP contribution in [0, 0.1) is 0 Å². The van der Waals surface area contributed by atoms with Crippen molar-refractivity contribution in [1.29, 1.82) is 0 Å². The normalized spacial score (nSPS) is 24.3. The first-order chi connectivity index (χ1) is 39.2. The summed E-state index contributed by atoms with van der Waals surface area (Å²) in [4.78, 5) is 144. The fourth-order valence-electron chi connectivity index (χ4n) is 10.4. The summed E-state index contributed by atoms with van der Waals surface area (Å²) >= 11 is 0. The Morgan fingerprint density at radius 3 is 2.00 bits per heavy atom. The second-order valence-electron chi connectivity index (χ2n) is 21.0. The average molecular weight is 1170 g/mol. The molecule has 82 heavy (non-hydrogen) atoms. The lowest BCUT2D eigenvalue weighted by Gasteiger charge is -2.40. The molecule has 0 radical (unpaired) electrons. The molecule has 442 valence electrons. The molecule has 17 N–H and O–H groups in total. The maximum absolute atomic E-state index is 15.4. The molecule has 0 unspecified atom stereocenters. The molecule has 7 atom stereocenters. The molecule has 26 heteroatoms. The van der Waals surface area contributed by atoms with Crippen LogP contribution in [0.4, 0.5) is 0 Å². The molecule has 3 fully saturated rings. The van der Waals surface area contributed by atoms with E-state index in [1.807, 2.05) is 24.3 Å². The van der Waals surface area contributed by atoms with Crippen molar-refractivity contribution in [2.24, 2.45) is 33.7 Å². The van der Waals surface area contributed by atoms with E-state index in [0.717, 1.165) is 5.56 Å².